The van der Waals surface area contributed by atoms with Crippen molar-refractivity contribution in [2.75, 3.05) is 19.8 Å². The van der Waals surface area contributed by atoms with Gasteiger partial charge in [0.15, 0.2) is 0 Å². The molecule has 0 N–H and O–H groups in total. The summed E-state index contributed by atoms with van der Waals surface area (Å²) < 4.78 is 11.4. The first-order valence-corrected chi connectivity index (χ1v) is 7.35. The van der Waals surface area contributed by atoms with Crippen LogP contribution in [0.4, 0.5) is 0 Å². The minimum atomic E-state index is 0.0403. The van der Waals surface area contributed by atoms with E-state index >= 15 is 0 Å². The van der Waals surface area contributed by atoms with Gasteiger partial charge in [-0.2, -0.15) is 0 Å². The molecular formula is C15H24N2O2. The van der Waals surface area contributed by atoms with Crippen LogP contribution in [0.2, 0.25) is 0 Å². The number of oxazole rings is 1. The predicted molar refractivity (Wildman–Crippen MR) is 73.1 cm³/mol. The van der Waals surface area contributed by atoms with Gasteiger partial charge < -0.3 is 9.15 Å². The van der Waals surface area contributed by atoms with Crippen LogP contribution in [0, 0.1) is 0 Å². The maximum Gasteiger partial charge on any atom is 0.214 e. The van der Waals surface area contributed by atoms with Crippen LogP contribution in [0.1, 0.15) is 57.7 Å². The van der Waals surface area contributed by atoms with Gasteiger partial charge in [0.25, 0.3) is 0 Å². The van der Waals surface area contributed by atoms with E-state index in [1.54, 1.807) is 0 Å². The van der Waals surface area contributed by atoms with E-state index in [0.29, 0.717) is 12.6 Å². The number of hydrogen-bond acceptors (Lipinski definition) is 4. The van der Waals surface area contributed by atoms with Gasteiger partial charge in [-0.1, -0.05) is 27.2 Å². The lowest BCUT2D eigenvalue weighted by Gasteiger charge is -2.43. The molecule has 0 spiro atoms. The summed E-state index contributed by atoms with van der Waals surface area (Å²) in [6.07, 6.45) is 5.78. The van der Waals surface area contributed by atoms with E-state index in [1.165, 1.54) is 19.3 Å². The van der Waals surface area contributed by atoms with Crippen LogP contribution in [0.3, 0.4) is 0 Å². The Morgan fingerprint density at radius 3 is 2.68 bits per heavy atom. The second kappa shape index (κ2) is 4.91. The molecule has 19 heavy (non-hydrogen) atoms. The highest BCUT2D eigenvalue weighted by molar-refractivity contribution is 5.10. The van der Waals surface area contributed by atoms with E-state index in [1.807, 2.05) is 6.26 Å². The maximum atomic E-state index is 5.75. The molecule has 0 aromatic carbocycles. The van der Waals surface area contributed by atoms with Crippen molar-refractivity contribution in [3.8, 4) is 0 Å². The van der Waals surface area contributed by atoms with Crippen molar-refractivity contribution >= 4 is 0 Å². The third-order valence-electron chi connectivity index (χ3n) is 4.29. The molecule has 2 heterocycles. The fraction of sp³-hybridized carbons (Fsp3) is 0.800. The van der Waals surface area contributed by atoms with E-state index in [-0.39, 0.29) is 11.5 Å². The molecule has 1 aliphatic carbocycles. The predicted octanol–water partition coefficient (Wildman–Crippen LogP) is 2.90. The Hall–Kier alpha value is -0.870. The number of aromatic nitrogens is 1. The van der Waals surface area contributed by atoms with Crippen molar-refractivity contribution in [1.29, 1.82) is 0 Å². The van der Waals surface area contributed by atoms with Gasteiger partial charge in [-0.25, -0.2) is 4.98 Å². The Bertz CT molecular complexity index is 432. The molecule has 3 rings (SSSR count). The third kappa shape index (κ3) is 2.56. The van der Waals surface area contributed by atoms with Gasteiger partial charge in [-0.05, 0) is 12.8 Å². The molecule has 0 radical (unpaired) electrons. The minimum Gasteiger partial charge on any atom is -0.447 e. The van der Waals surface area contributed by atoms with Crippen LogP contribution in [-0.2, 0) is 10.2 Å². The highest BCUT2D eigenvalue weighted by Crippen LogP contribution is 2.34. The fourth-order valence-electron chi connectivity index (χ4n) is 2.77. The zero-order valence-corrected chi connectivity index (χ0v) is 12.2. The monoisotopic (exact) mass is 264 g/mol. The van der Waals surface area contributed by atoms with Gasteiger partial charge in [-0.15, -0.1) is 0 Å². The van der Waals surface area contributed by atoms with Crippen molar-refractivity contribution in [1.82, 2.24) is 9.88 Å². The molecule has 0 amide bonds. The van der Waals surface area contributed by atoms with Crippen molar-refractivity contribution < 1.29 is 9.15 Å². The van der Waals surface area contributed by atoms with Gasteiger partial charge in [0.2, 0.25) is 5.89 Å². The molecule has 2 fully saturated rings. The van der Waals surface area contributed by atoms with E-state index in [9.17, 15) is 0 Å². The molecule has 1 saturated heterocycles. The first-order chi connectivity index (χ1) is 9.05. The van der Waals surface area contributed by atoms with Crippen molar-refractivity contribution in [2.45, 2.75) is 57.5 Å². The molecule has 1 aliphatic heterocycles. The average molecular weight is 264 g/mol. The molecule has 0 bridgehead atoms. The van der Waals surface area contributed by atoms with Crippen molar-refractivity contribution in [3.63, 3.8) is 0 Å². The van der Waals surface area contributed by atoms with Gasteiger partial charge in [-0.3, -0.25) is 4.90 Å². The van der Waals surface area contributed by atoms with E-state index in [2.05, 4.69) is 25.7 Å². The van der Waals surface area contributed by atoms with Gasteiger partial charge >= 0.3 is 0 Å². The first kappa shape index (κ1) is 13.1. The summed E-state index contributed by atoms with van der Waals surface area (Å²) in [5.74, 6) is 0.830. The number of rotatable bonds is 2. The summed E-state index contributed by atoms with van der Waals surface area (Å²) in [4.78, 5) is 7.24. The Morgan fingerprint density at radius 2 is 2.11 bits per heavy atom. The molecule has 1 saturated carbocycles. The van der Waals surface area contributed by atoms with E-state index < -0.39 is 0 Å². The second-order valence-corrected chi connectivity index (χ2v) is 6.73. The zero-order valence-electron chi connectivity index (χ0n) is 12.2. The average Bonchev–Trinajstić information content (AvgIpc) is 2.76. The molecule has 106 valence electrons. The quantitative estimate of drug-likeness (QED) is 0.823. The van der Waals surface area contributed by atoms with Gasteiger partial charge in [0, 0.05) is 18.0 Å². The molecular weight excluding hydrogens is 240 g/mol. The SMILES string of the molecule is CC(C)(C)c1coc(C2COCCN2C2CCC2)n1. The van der Waals surface area contributed by atoms with Crippen LogP contribution in [-0.4, -0.2) is 35.7 Å². The lowest BCUT2D eigenvalue weighted by atomic mass is 9.90. The van der Waals surface area contributed by atoms with Crippen LogP contribution >= 0.6 is 0 Å². The standard InChI is InChI=1S/C15H24N2O2/c1-15(2,3)13-10-19-14(16-13)12-9-18-8-7-17(12)11-5-4-6-11/h10-12H,4-9H2,1-3H3. The number of hydrogen-bond donors (Lipinski definition) is 0. The fourth-order valence-corrected chi connectivity index (χ4v) is 2.77. The number of nitrogens with zero attached hydrogens (tertiary/aromatic N) is 2. The van der Waals surface area contributed by atoms with Gasteiger partial charge in [0.05, 0.1) is 18.9 Å². The summed E-state index contributed by atoms with van der Waals surface area (Å²) in [6.45, 7) is 9.03. The normalized spacial score (nSPS) is 26.4. The lowest BCUT2D eigenvalue weighted by molar-refractivity contribution is -0.0552. The van der Waals surface area contributed by atoms with Crippen LogP contribution in [0.25, 0.3) is 0 Å². The molecule has 1 aromatic heterocycles. The summed E-state index contributed by atoms with van der Waals surface area (Å²) in [6, 6.07) is 0.911. The van der Waals surface area contributed by atoms with Crippen LogP contribution in [0.5, 0.6) is 0 Å². The van der Waals surface area contributed by atoms with E-state index in [0.717, 1.165) is 24.7 Å². The summed E-state index contributed by atoms with van der Waals surface area (Å²) in [5, 5.41) is 0. The zero-order chi connectivity index (χ0) is 13.5. The molecule has 4 heteroatoms. The highest BCUT2D eigenvalue weighted by atomic mass is 16.5. The Labute approximate surface area is 115 Å². The highest BCUT2D eigenvalue weighted by Gasteiger charge is 2.36. The number of ether oxygens (including phenoxy) is 1. The second-order valence-electron chi connectivity index (χ2n) is 6.73. The Balaban J connectivity index is 1.80. The smallest absolute Gasteiger partial charge is 0.214 e. The largest absolute Gasteiger partial charge is 0.447 e. The topological polar surface area (TPSA) is 38.5 Å². The van der Waals surface area contributed by atoms with Gasteiger partial charge in [0.1, 0.15) is 12.3 Å². The lowest BCUT2D eigenvalue weighted by Crippen LogP contribution is -2.48. The first-order valence-electron chi connectivity index (χ1n) is 7.35. The summed E-state index contributed by atoms with van der Waals surface area (Å²) in [5.41, 5.74) is 1.07. The maximum absolute atomic E-state index is 5.75. The minimum absolute atomic E-state index is 0.0403. The van der Waals surface area contributed by atoms with Crippen molar-refractivity contribution in [2.24, 2.45) is 0 Å². The molecule has 2 aliphatic rings. The summed E-state index contributed by atoms with van der Waals surface area (Å²) in [7, 11) is 0. The molecule has 4 nitrogen and oxygen atoms in total. The van der Waals surface area contributed by atoms with Crippen LogP contribution < -0.4 is 0 Å². The molecule has 1 atom stereocenters. The molecule has 1 aromatic rings. The third-order valence-corrected chi connectivity index (χ3v) is 4.29. The van der Waals surface area contributed by atoms with E-state index in [4.69, 9.17) is 14.1 Å². The number of morpholine rings is 1. The van der Waals surface area contributed by atoms with Crippen molar-refractivity contribution in [3.05, 3.63) is 17.8 Å². The summed E-state index contributed by atoms with van der Waals surface area (Å²) >= 11 is 0. The Kier molecular flexibility index (Phi) is 3.39. The Morgan fingerprint density at radius 1 is 1.32 bits per heavy atom. The van der Waals surface area contributed by atoms with Crippen LogP contribution in [0.15, 0.2) is 10.7 Å². The molecule has 1 unspecified atom stereocenters.